The summed E-state index contributed by atoms with van der Waals surface area (Å²) < 4.78 is 27.0. The Morgan fingerprint density at radius 1 is 1.17 bits per heavy atom. The maximum atomic E-state index is 16.0. The predicted molar refractivity (Wildman–Crippen MR) is 136 cm³/mol. The largest absolute Gasteiger partial charge is 0.474 e. The summed E-state index contributed by atoms with van der Waals surface area (Å²) in [5.74, 6) is 0.0548. The number of hydrogen-bond acceptors (Lipinski definition) is 7. The second-order valence-electron chi connectivity index (χ2n) is 9.27. The molecule has 0 saturated heterocycles. The van der Waals surface area contributed by atoms with Gasteiger partial charge in [-0.3, -0.25) is 10.6 Å². The summed E-state index contributed by atoms with van der Waals surface area (Å²) in [6.45, 7) is 10.3. The standard InChI is InChI=1S/C25H29FN6O4/c1-6-27-23(33)31-18-10-14-9-15(16-11-30-22-20(13(16)2)28-7-8-35-22)19(26)21(17(14)12-29-18)32-24(34)36-25(3,4)5/h9-12,28H,6-8H2,1-5H3,(H,32,34)(H2,27,29,31,33). The first kappa shape index (κ1) is 25.0. The van der Waals surface area contributed by atoms with Gasteiger partial charge in [0.25, 0.3) is 0 Å². The SMILES string of the molecule is CCNC(=O)Nc1cc2cc(-c3cnc4c(c3C)NCCO4)c(F)c(NC(=O)OC(C)(C)C)c2cn1. The van der Waals surface area contributed by atoms with Crippen molar-refractivity contribution >= 4 is 40.1 Å². The highest BCUT2D eigenvalue weighted by atomic mass is 19.1. The van der Waals surface area contributed by atoms with Gasteiger partial charge in [0.05, 0.1) is 5.69 Å². The van der Waals surface area contributed by atoms with Crippen molar-refractivity contribution in [2.75, 3.05) is 35.6 Å². The fourth-order valence-corrected chi connectivity index (χ4v) is 3.88. The van der Waals surface area contributed by atoms with E-state index in [-0.39, 0.29) is 17.1 Å². The molecule has 10 nitrogen and oxygen atoms in total. The molecule has 4 rings (SSSR count). The molecule has 0 fully saturated rings. The van der Waals surface area contributed by atoms with E-state index in [0.717, 1.165) is 5.56 Å². The van der Waals surface area contributed by atoms with Crippen molar-refractivity contribution in [3.63, 3.8) is 0 Å². The van der Waals surface area contributed by atoms with Gasteiger partial charge in [-0.1, -0.05) is 0 Å². The Hall–Kier alpha value is -4.15. The first-order chi connectivity index (χ1) is 17.1. The van der Waals surface area contributed by atoms with E-state index in [4.69, 9.17) is 9.47 Å². The Balaban J connectivity index is 1.86. The van der Waals surface area contributed by atoms with Crippen molar-refractivity contribution in [3.05, 3.63) is 35.9 Å². The predicted octanol–water partition coefficient (Wildman–Crippen LogP) is 5.04. The lowest BCUT2D eigenvalue weighted by atomic mass is 9.96. The molecule has 3 aromatic rings. The molecule has 0 unspecified atom stereocenters. The average Bonchev–Trinajstić information content (AvgIpc) is 2.80. The summed E-state index contributed by atoms with van der Waals surface area (Å²) in [7, 11) is 0. The molecule has 0 bridgehead atoms. The number of nitrogens with zero attached hydrogens (tertiary/aromatic N) is 2. The van der Waals surface area contributed by atoms with Crippen LogP contribution in [0.3, 0.4) is 0 Å². The molecular formula is C25H29FN6O4. The molecular weight excluding hydrogens is 467 g/mol. The number of carbonyl (C=O) groups is 2. The van der Waals surface area contributed by atoms with Gasteiger partial charge in [0.15, 0.2) is 5.82 Å². The van der Waals surface area contributed by atoms with E-state index in [9.17, 15) is 9.59 Å². The Morgan fingerprint density at radius 2 is 1.94 bits per heavy atom. The molecule has 0 radical (unpaired) electrons. The van der Waals surface area contributed by atoms with Crippen LogP contribution in [-0.2, 0) is 4.74 Å². The lowest BCUT2D eigenvalue weighted by Crippen LogP contribution is -2.28. The number of anilines is 3. The molecule has 1 aliphatic heterocycles. The average molecular weight is 497 g/mol. The quantitative estimate of drug-likeness (QED) is 0.399. The Labute approximate surface area is 208 Å². The molecule has 11 heteroatoms. The van der Waals surface area contributed by atoms with Gasteiger partial charge in [-0.2, -0.15) is 0 Å². The highest BCUT2D eigenvalue weighted by Gasteiger charge is 2.24. The van der Waals surface area contributed by atoms with Crippen molar-refractivity contribution in [1.29, 1.82) is 0 Å². The van der Waals surface area contributed by atoms with E-state index in [1.54, 1.807) is 39.8 Å². The second-order valence-corrected chi connectivity index (χ2v) is 9.27. The number of fused-ring (bicyclic) bond motifs is 2. The molecule has 1 aromatic carbocycles. The summed E-state index contributed by atoms with van der Waals surface area (Å²) in [6, 6.07) is 2.82. The second kappa shape index (κ2) is 9.84. The van der Waals surface area contributed by atoms with Gasteiger partial charge in [-0.25, -0.2) is 23.9 Å². The molecule has 2 aromatic heterocycles. The van der Waals surface area contributed by atoms with Crippen LogP contribution in [0.5, 0.6) is 5.88 Å². The first-order valence-electron chi connectivity index (χ1n) is 11.6. The summed E-state index contributed by atoms with van der Waals surface area (Å²) in [5.41, 5.74) is 1.30. The van der Waals surface area contributed by atoms with Crippen LogP contribution in [0, 0.1) is 12.7 Å². The van der Waals surface area contributed by atoms with Crippen LogP contribution in [0.4, 0.5) is 31.2 Å². The molecule has 3 amide bonds. The minimum absolute atomic E-state index is 0.0878. The van der Waals surface area contributed by atoms with Crippen molar-refractivity contribution in [2.45, 2.75) is 40.2 Å². The molecule has 0 saturated carbocycles. The third-order valence-corrected chi connectivity index (χ3v) is 5.40. The summed E-state index contributed by atoms with van der Waals surface area (Å²) in [4.78, 5) is 33.2. The number of aromatic nitrogens is 2. The fraction of sp³-hybridized carbons (Fsp3) is 0.360. The molecule has 190 valence electrons. The van der Waals surface area contributed by atoms with Crippen LogP contribution in [0.15, 0.2) is 24.5 Å². The van der Waals surface area contributed by atoms with Crippen LogP contribution in [0.2, 0.25) is 0 Å². The number of carbonyl (C=O) groups excluding carboxylic acids is 2. The highest BCUT2D eigenvalue weighted by Crippen LogP contribution is 2.40. The lowest BCUT2D eigenvalue weighted by Gasteiger charge is -2.23. The number of ether oxygens (including phenoxy) is 2. The Bertz CT molecular complexity index is 1340. The van der Waals surface area contributed by atoms with Crippen molar-refractivity contribution < 1.29 is 23.5 Å². The van der Waals surface area contributed by atoms with Crippen molar-refractivity contribution in [3.8, 4) is 17.0 Å². The molecule has 0 aliphatic carbocycles. The number of amides is 3. The van der Waals surface area contributed by atoms with E-state index >= 15 is 4.39 Å². The van der Waals surface area contributed by atoms with Crippen LogP contribution in [-0.4, -0.2) is 47.4 Å². The molecule has 3 heterocycles. The van der Waals surface area contributed by atoms with Gasteiger partial charge in [0.2, 0.25) is 5.88 Å². The lowest BCUT2D eigenvalue weighted by molar-refractivity contribution is 0.0635. The van der Waals surface area contributed by atoms with E-state index in [0.29, 0.717) is 47.6 Å². The fourth-order valence-electron chi connectivity index (χ4n) is 3.88. The topological polar surface area (TPSA) is 126 Å². The number of benzene rings is 1. The number of nitrogens with one attached hydrogen (secondary N) is 4. The first-order valence-corrected chi connectivity index (χ1v) is 11.6. The summed E-state index contributed by atoms with van der Waals surface area (Å²) >= 11 is 0. The Morgan fingerprint density at radius 3 is 2.67 bits per heavy atom. The third-order valence-electron chi connectivity index (χ3n) is 5.40. The molecule has 0 atom stereocenters. The number of rotatable bonds is 4. The Kier molecular flexibility index (Phi) is 6.82. The monoisotopic (exact) mass is 496 g/mol. The smallest absolute Gasteiger partial charge is 0.412 e. The van der Waals surface area contributed by atoms with Gasteiger partial charge < -0.3 is 20.1 Å². The number of pyridine rings is 2. The van der Waals surface area contributed by atoms with Crippen molar-refractivity contribution in [1.82, 2.24) is 15.3 Å². The summed E-state index contributed by atoms with van der Waals surface area (Å²) in [5, 5.41) is 12.0. The van der Waals surface area contributed by atoms with Crippen molar-refractivity contribution in [2.24, 2.45) is 0 Å². The van der Waals surface area contributed by atoms with Gasteiger partial charge in [-0.05, 0) is 57.7 Å². The number of hydrogen-bond donors (Lipinski definition) is 4. The van der Waals surface area contributed by atoms with Gasteiger partial charge in [-0.15, -0.1) is 0 Å². The molecule has 1 aliphatic rings. The minimum atomic E-state index is -0.806. The normalized spacial score (nSPS) is 12.7. The molecule has 4 N–H and O–H groups in total. The van der Waals surface area contributed by atoms with Crippen LogP contribution in [0.25, 0.3) is 21.9 Å². The number of halogens is 1. The van der Waals surface area contributed by atoms with Gasteiger partial charge >= 0.3 is 12.1 Å². The maximum absolute atomic E-state index is 16.0. The van der Waals surface area contributed by atoms with Crippen LogP contribution >= 0.6 is 0 Å². The van der Waals surface area contributed by atoms with E-state index in [1.807, 2.05) is 6.92 Å². The zero-order chi connectivity index (χ0) is 26.0. The van der Waals surface area contributed by atoms with Crippen LogP contribution in [0.1, 0.15) is 33.3 Å². The van der Waals surface area contributed by atoms with Crippen LogP contribution < -0.4 is 26.0 Å². The van der Waals surface area contributed by atoms with E-state index < -0.39 is 23.5 Å². The molecule has 0 spiro atoms. The maximum Gasteiger partial charge on any atom is 0.412 e. The number of urea groups is 1. The third kappa shape index (κ3) is 5.24. The zero-order valence-electron chi connectivity index (χ0n) is 20.8. The summed E-state index contributed by atoms with van der Waals surface area (Å²) in [6.07, 6.45) is 2.13. The van der Waals surface area contributed by atoms with Gasteiger partial charge in [0.1, 0.15) is 23.7 Å². The highest BCUT2D eigenvalue weighted by molar-refractivity contribution is 6.04. The van der Waals surface area contributed by atoms with E-state index in [2.05, 4.69) is 31.2 Å². The van der Waals surface area contributed by atoms with Gasteiger partial charge in [0, 0.05) is 42.0 Å². The van der Waals surface area contributed by atoms with E-state index in [1.165, 1.54) is 12.4 Å². The zero-order valence-corrected chi connectivity index (χ0v) is 20.8. The minimum Gasteiger partial charge on any atom is -0.474 e. The molecule has 36 heavy (non-hydrogen) atoms.